The maximum absolute atomic E-state index is 5.59. The molecule has 1 aliphatic rings. The Morgan fingerprint density at radius 3 is 2.57 bits per heavy atom. The summed E-state index contributed by atoms with van der Waals surface area (Å²) in [6, 6.07) is 5.74. The number of hydrogen-bond donors (Lipinski definition) is 0. The molecule has 0 radical (unpaired) electrons. The number of nitrogens with zero attached hydrogens (tertiary/aromatic N) is 1. The van der Waals surface area contributed by atoms with Gasteiger partial charge in [-0.3, -0.25) is 4.98 Å². The van der Waals surface area contributed by atoms with E-state index in [2.05, 4.69) is 18.8 Å². The second kappa shape index (κ2) is 3.67. The van der Waals surface area contributed by atoms with Crippen molar-refractivity contribution < 1.29 is 9.47 Å². The fraction of sp³-hybridized carbons (Fsp3) is 0.545. The molecule has 0 atom stereocenters. The molecule has 0 spiro atoms. The van der Waals surface area contributed by atoms with Crippen LogP contribution in [-0.4, -0.2) is 18.2 Å². The van der Waals surface area contributed by atoms with E-state index in [1.165, 1.54) is 0 Å². The van der Waals surface area contributed by atoms with Crippen molar-refractivity contribution in [2.45, 2.75) is 20.1 Å². The van der Waals surface area contributed by atoms with Gasteiger partial charge in [0.2, 0.25) is 6.29 Å². The largest absolute Gasteiger partial charge is 0.346 e. The summed E-state index contributed by atoms with van der Waals surface area (Å²) in [7, 11) is 0. The highest BCUT2D eigenvalue weighted by molar-refractivity contribution is 5.05. The molecule has 1 fully saturated rings. The van der Waals surface area contributed by atoms with Gasteiger partial charge in [-0.25, -0.2) is 0 Å². The molecule has 1 aliphatic heterocycles. The summed E-state index contributed by atoms with van der Waals surface area (Å²) in [6.45, 7) is 5.69. The predicted octanol–water partition coefficient (Wildman–Crippen LogP) is 2.15. The number of pyridine rings is 1. The van der Waals surface area contributed by atoms with Gasteiger partial charge >= 0.3 is 0 Å². The van der Waals surface area contributed by atoms with E-state index >= 15 is 0 Å². The van der Waals surface area contributed by atoms with E-state index in [-0.39, 0.29) is 11.7 Å². The minimum Gasteiger partial charge on any atom is -0.346 e. The van der Waals surface area contributed by atoms with E-state index in [0.717, 1.165) is 5.69 Å². The average Bonchev–Trinajstić information content (AvgIpc) is 2.19. The number of ether oxygens (including phenoxy) is 2. The highest BCUT2D eigenvalue weighted by Gasteiger charge is 2.29. The van der Waals surface area contributed by atoms with Gasteiger partial charge in [-0.05, 0) is 12.1 Å². The highest BCUT2D eigenvalue weighted by Crippen LogP contribution is 2.29. The Bertz CT molecular complexity index is 287. The molecule has 0 unspecified atom stereocenters. The number of rotatable bonds is 1. The third-order valence-corrected chi connectivity index (χ3v) is 2.18. The van der Waals surface area contributed by atoms with Crippen molar-refractivity contribution in [3.63, 3.8) is 0 Å². The lowest BCUT2D eigenvalue weighted by Gasteiger charge is -2.34. The lowest BCUT2D eigenvalue weighted by atomic mass is 9.95. The third-order valence-electron chi connectivity index (χ3n) is 2.18. The van der Waals surface area contributed by atoms with E-state index in [0.29, 0.717) is 13.2 Å². The molecule has 3 nitrogen and oxygen atoms in total. The Hall–Kier alpha value is -0.930. The van der Waals surface area contributed by atoms with Gasteiger partial charge in [0.05, 0.1) is 18.9 Å². The summed E-state index contributed by atoms with van der Waals surface area (Å²) in [5.41, 5.74) is 0.966. The molecule has 0 aliphatic carbocycles. The lowest BCUT2D eigenvalue weighted by Crippen LogP contribution is -2.34. The maximum atomic E-state index is 5.59. The van der Waals surface area contributed by atoms with Crippen LogP contribution in [0, 0.1) is 5.41 Å². The van der Waals surface area contributed by atoms with E-state index in [9.17, 15) is 0 Å². The van der Waals surface area contributed by atoms with Crippen LogP contribution < -0.4 is 0 Å². The van der Waals surface area contributed by atoms with Crippen molar-refractivity contribution in [2.75, 3.05) is 13.2 Å². The highest BCUT2D eigenvalue weighted by atomic mass is 16.7. The van der Waals surface area contributed by atoms with Crippen molar-refractivity contribution >= 4 is 0 Å². The molecule has 14 heavy (non-hydrogen) atoms. The quantitative estimate of drug-likeness (QED) is 0.684. The zero-order chi connectivity index (χ0) is 10.0. The van der Waals surface area contributed by atoms with Gasteiger partial charge in [0, 0.05) is 11.6 Å². The van der Waals surface area contributed by atoms with Crippen LogP contribution in [0.25, 0.3) is 0 Å². The van der Waals surface area contributed by atoms with Crippen molar-refractivity contribution in [2.24, 2.45) is 5.41 Å². The average molecular weight is 193 g/mol. The summed E-state index contributed by atoms with van der Waals surface area (Å²) < 4.78 is 11.2. The molecule has 2 heterocycles. The molecule has 1 aromatic heterocycles. The zero-order valence-corrected chi connectivity index (χ0v) is 8.56. The molecule has 0 N–H and O–H groups in total. The van der Waals surface area contributed by atoms with E-state index in [4.69, 9.17) is 9.47 Å². The predicted molar refractivity (Wildman–Crippen MR) is 52.7 cm³/mol. The van der Waals surface area contributed by atoms with Crippen LogP contribution >= 0.6 is 0 Å². The van der Waals surface area contributed by atoms with Crippen LogP contribution in [0.4, 0.5) is 0 Å². The Morgan fingerprint density at radius 2 is 2.00 bits per heavy atom. The van der Waals surface area contributed by atoms with Gasteiger partial charge in [0.25, 0.3) is 0 Å². The summed E-state index contributed by atoms with van der Waals surface area (Å²) in [6.07, 6.45) is 1.46. The fourth-order valence-electron chi connectivity index (χ4n) is 1.38. The van der Waals surface area contributed by atoms with Crippen LogP contribution in [0.2, 0.25) is 0 Å². The second-order valence-corrected chi connectivity index (χ2v) is 4.37. The molecule has 0 saturated carbocycles. The molecule has 0 amide bonds. The number of hydrogen-bond acceptors (Lipinski definition) is 3. The van der Waals surface area contributed by atoms with Crippen LogP contribution in [0.5, 0.6) is 0 Å². The number of aromatic nitrogens is 1. The van der Waals surface area contributed by atoms with E-state index < -0.39 is 0 Å². The normalized spacial score (nSPS) is 22.1. The second-order valence-electron chi connectivity index (χ2n) is 4.37. The summed E-state index contributed by atoms with van der Waals surface area (Å²) in [5, 5.41) is 0. The molecule has 1 aromatic rings. The first-order valence-corrected chi connectivity index (χ1v) is 4.82. The molecular formula is C11H15NO2. The Kier molecular flexibility index (Phi) is 2.52. The molecule has 0 bridgehead atoms. The molecule has 1 saturated heterocycles. The van der Waals surface area contributed by atoms with E-state index in [1.54, 1.807) is 6.20 Å². The minimum atomic E-state index is -0.288. The fourth-order valence-corrected chi connectivity index (χ4v) is 1.38. The monoisotopic (exact) mass is 193 g/mol. The molecular weight excluding hydrogens is 178 g/mol. The topological polar surface area (TPSA) is 31.4 Å². The minimum absolute atomic E-state index is 0.116. The Morgan fingerprint density at radius 1 is 1.29 bits per heavy atom. The van der Waals surface area contributed by atoms with Gasteiger partial charge < -0.3 is 9.47 Å². The van der Waals surface area contributed by atoms with Crippen LogP contribution in [0.15, 0.2) is 24.4 Å². The van der Waals surface area contributed by atoms with Crippen molar-refractivity contribution in [1.82, 2.24) is 4.98 Å². The first-order valence-electron chi connectivity index (χ1n) is 4.82. The van der Waals surface area contributed by atoms with Gasteiger partial charge in [-0.1, -0.05) is 19.9 Å². The standard InChI is InChI=1S/C11H15NO2/c1-11(2)7-13-10(14-8-11)9-5-3-4-6-12-9/h3-6,10H,7-8H2,1-2H3. The van der Waals surface area contributed by atoms with Crippen LogP contribution in [0.1, 0.15) is 25.8 Å². The van der Waals surface area contributed by atoms with Crippen LogP contribution in [-0.2, 0) is 9.47 Å². The SMILES string of the molecule is CC1(C)COC(c2ccccn2)OC1. The van der Waals surface area contributed by atoms with E-state index in [1.807, 2.05) is 18.2 Å². The van der Waals surface area contributed by atoms with Crippen molar-refractivity contribution in [3.05, 3.63) is 30.1 Å². The van der Waals surface area contributed by atoms with Gasteiger partial charge in [-0.15, -0.1) is 0 Å². The first-order chi connectivity index (χ1) is 6.67. The van der Waals surface area contributed by atoms with Crippen molar-refractivity contribution in [3.8, 4) is 0 Å². The molecule has 3 heteroatoms. The molecule has 2 rings (SSSR count). The van der Waals surface area contributed by atoms with Gasteiger partial charge in [0.15, 0.2) is 0 Å². The first kappa shape index (κ1) is 9.62. The maximum Gasteiger partial charge on any atom is 0.201 e. The zero-order valence-electron chi connectivity index (χ0n) is 8.56. The summed E-state index contributed by atoms with van der Waals surface area (Å²) >= 11 is 0. The lowest BCUT2D eigenvalue weighted by molar-refractivity contribution is -0.227. The van der Waals surface area contributed by atoms with Crippen LogP contribution in [0.3, 0.4) is 0 Å². The van der Waals surface area contributed by atoms with Crippen molar-refractivity contribution in [1.29, 1.82) is 0 Å². The van der Waals surface area contributed by atoms with Gasteiger partial charge in [0.1, 0.15) is 0 Å². The summed E-state index contributed by atoms with van der Waals surface area (Å²) in [5.74, 6) is 0. The Balaban J connectivity index is 2.03. The smallest absolute Gasteiger partial charge is 0.201 e. The summed E-state index contributed by atoms with van der Waals surface area (Å²) in [4.78, 5) is 4.20. The third kappa shape index (κ3) is 2.11. The molecule has 0 aromatic carbocycles. The Labute approximate surface area is 84.1 Å². The van der Waals surface area contributed by atoms with Gasteiger partial charge in [-0.2, -0.15) is 0 Å². The molecule has 76 valence electrons.